The van der Waals surface area contributed by atoms with Crippen LogP contribution >= 0.6 is 27.7 Å². The minimum absolute atomic E-state index is 0.837. The first-order valence-corrected chi connectivity index (χ1v) is 7.72. The maximum absolute atomic E-state index is 4.33. The maximum atomic E-state index is 4.33. The Balaban J connectivity index is 2.27. The van der Waals surface area contributed by atoms with Gasteiger partial charge >= 0.3 is 0 Å². The summed E-state index contributed by atoms with van der Waals surface area (Å²) in [6.07, 6.45) is 1.59. The van der Waals surface area contributed by atoms with Crippen molar-refractivity contribution in [2.24, 2.45) is 0 Å². The van der Waals surface area contributed by atoms with Gasteiger partial charge in [0.05, 0.1) is 4.47 Å². The van der Waals surface area contributed by atoms with E-state index in [0.29, 0.717) is 0 Å². The van der Waals surface area contributed by atoms with Gasteiger partial charge in [0.25, 0.3) is 0 Å². The van der Waals surface area contributed by atoms with Crippen LogP contribution in [0.25, 0.3) is 0 Å². The Kier molecular flexibility index (Phi) is 4.82. The number of aromatic nitrogens is 2. The lowest BCUT2D eigenvalue weighted by atomic mass is 10.1. The lowest BCUT2D eigenvalue weighted by Crippen LogP contribution is -2.01. The van der Waals surface area contributed by atoms with Crippen LogP contribution in [-0.2, 0) is 0 Å². The quantitative estimate of drug-likeness (QED) is 0.837. The van der Waals surface area contributed by atoms with Crippen molar-refractivity contribution in [3.8, 4) is 0 Å². The van der Waals surface area contributed by atoms with Crippen LogP contribution in [0.4, 0.5) is 5.82 Å². The summed E-state index contributed by atoms with van der Waals surface area (Å²) in [5.74, 6) is 0.837. The van der Waals surface area contributed by atoms with E-state index in [0.717, 1.165) is 21.9 Å². The molecule has 1 heterocycles. The van der Waals surface area contributed by atoms with Gasteiger partial charge in [-0.3, -0.25) is 0 Å². The zero-order chi connectivity index (χ0) is 13.8. The average Bonchev–Trinajstić information content (AvgIpc) is 2.39. The van der Waals surface area contributed by atoms with Crippen molar-refractivity contribution in [1.82, 2.24) is 9.97 Å². The molecule has 0 aliphatic heterocycles. The van der Waals surface area contributed by atoms with Gasteiger partial charge in [-0.2, -0.15) is 0 Å². The summed E-state index contributed by atoms with van der Waals surface area (Å²) in [6.45, 7) is 7.13. The van der Waals surface area contributed by atoms with E-state index in [9.17, 15) is 0 Å². The summed E-state index contributed by atoms with van der Waals surface area (Å²) in [5.41, 5.74) is 2.60. The van der Waals surface area contributed by atoms with Crippen molar-refractivity contribution >= 4 is 33.5 Å². The van der Waals surface area contributed by atoms with Gasteiger partial charge in [-0.15, -0.1) is 0 Å². The normalized spacial score (nSPS) is 10.5. The highest BCUT2D eigenvalue weighted by Crippen LogP contribution is 2.35. The van der Waals surface area contributed by atoms with Gasteiger partial charge in [-0.25, -0.2) is 9.97 Å². The molecule has 0 bridgehead atoms. The highest BCUT2D eigenvalue weighted by Gasteiger charge is 2.09. The molecule has 0 aliphatic rings. The molecule has 0 atom stereocenters. The molecule has 0 aliphatic carbocycles. The SMILES string of the molecule is CCNc1ncnc(Sc2ccc(C)c(C)c2)c1Br. The Morgan fingerprint density at radius 2 is 2.00 bits per heavy atom. The number of hydrogen-bond acceptors (Lipinski definition) is 4. The second-order valence-corrected chi connectivity index (χ2v) is 6.08. The fraction of sp³-hybridized carbons (Fsp3) is 0.286. The molecule has 1 aromatic heterocycles. The standard InChI is InChI=1S/C14H16BrN3S/c1-4-16-13-12(15)14(18-8-17-13)19-11-6-5-9(2)10(3)7-11/h5-8H,4H2,1-3H3,(H,16,17,18). The van der Waals surface area contributed by atoms with Gasteiger partial charge in [-0.05, 0) is 60.0 Å². The molecule has 0 fully saturated rings. The third kappa shape index (κ3) is 3.48. The summed E-state index contributed by atoms with van der Waals surface area (Å²) < 4.78 is 0.917. The topological polar surface area (TPSA) is 37.8 Å². The predicted octanol–water partition coefficient (Wildman–Crippen LogP) is 4.44. The van der Waals surface area contributed by atoms with E-state index in [4.69, 9.17) is 0 Å². The van der Waals surface area contributed by atoms with Crippen LogP contribution in [0.5, 0.6) is 0 Å². The van der Waals surface area contributed by atoms with Gasteiger partial charge in [0.1, 0.15) is 17.2 Å². The molecule has 1 N–H and O–H groups in total. The predicted molar refractivity (Wildman–Crippen MR) is 83.9 cm³/mol. The van der Waals surface area contributed by atoms with Gasteiger partial charge in [0.2, 0.25) is 0 Å². The number of rotatable bonds is 4. The number of nitrogens with one attached hydrogen (secondary N) is 1. The molecule has 0 saturated carbocycles. The van der Waals surface area contributed by atoms with Crippen LogP contribution in [0.2, 0.25) is 0 Å². The Bertz CT molecular complexity index is 587. The number of benzene rings is 1. The van der Waals surface area contributed by atoms with Crippen molar-refractivity contribution < 1.29 is 0 Å². The first kappa shape index (κ1) is 14.3. The number of nitrogens with zero attached hydrogens (tertiary/aromatic N) is 2. The molecule has 100 valence electrons. The molecule has 0 saturated heterocycles. The molecule has 0 unspecified atom stereocenters. The molecule has 1 aromatic carbocycles. The highest BCUT2D eigenvalue weighted by molar-refractivity contribution is 9.10. The van der Waals surface area contributed by atoms with Crippen LogP contribution in [-0.4, -0.2) is 16.5 Å². The number of halogens is 1. The van der Waals surface area contributed by atoms with Crippen LogP contribution in [0.3, 0.4) is 0 Å². The van der Waals surface area contributed by atoms with E-state index in [1.165, 1.54) is 16.0 Å². The molecule has 19 heavy (non-hydrogen) atoms. The molecular weight excluding hydrogens is 322 g/mol. The van der Waals surface area contributed by atoms with Crippen LogP contribution in [0.1, 0.15) is 18.1 Å². The second-order valence-electron chi connectivity index (χ2n) is 4.22. The molecule has 0 spiro atoms. The monoisotopic (exact) mass is 337 g/mol. The van der Waals surface area contributed by atoms with Gasteiger partial charge in [0, 0.05) is 11.4 Å². The van der Waals surface area contributed by atoms with Gasteiger partial charge < -0.3 is 5.32 Å². The maximum Gasteiger partial charge on any atom is 0.144 e. The number of anilines is 1. The van der Waals surface area contributed by atoms with Crippen molar-refractivity contribution in [1.29, 1.82) is 0 Å². The Morgan fingerprint density at radius 3 is 2.68 bits per heavy atom. The molecule has 3 nitrogen and oxygen atoms in total. The summed E-state index contributed by atoms with van der Waals surface area (Å²) in [6, 6.07) is 6.44. The first-order valence-electron chi connectivity index (χ1n) is 6.11. The summed E-state index contributed by atoms with van der Waals surface area (Å²) in [4.78, 5) is 9.74. The lowest BCUT2D eigenvalue weighted by Gasteiger charge is -2.09. The van der Waals surface area contributed by atoms with Gasteiger partial charge in [-0.1, -0.05) is 17.8 Å². The third-order valence-corrected chi connectivity index (χ3v) is 4.80. The Hall–Kier alpha value is -1.07. The fourth-order valence-electron chi connectivity index (χ4n) is 1.60. The van der Waals surface area contributed by atoms with E-state index in [1.54, 1.807) is 18.1 Å². The molecule has 0 amide bonds. The Morgan fingerprint density at radius 1 is 1.21 bits per heavy atom. The molecule has 2 rings (SSSR count). The minimum atomic E-state index is 0.837. The fourth-order valence-corrected chi connectivity index (χ4v) is 3.07. The highest BCUT2D eigenvalue weighted by atomic mass is 79.9. The van der Waals surface area contributed by atoms with Gasteiger partial charge in [0.15, 0.2) is 0 Å². The first-order chi connectivity index (χ1) is 9.11. The molecular formula is C14H16BrN3S. The zero-order valence-corrected chi connectivity index (χ0v) is 13.6. The number of aryl methyl sites for hydroxylation is 2. The smallest absolute Gasteiger partial charge is 0.144 e. The molecule has 5 heteroatoms. The van der Waals surface area contributed by atoms with Crippen LogP contribution in [0, 0.1) is 13.8 Å². The van der Waals surface area contributed by atoms with Crippen molar-refractivity contribution in [3.05, 3.63) is 40.1 Å². The minimum Gasteiger partial charge on any atom is -0.369 e. The summed E-state index contributed by atoms with van der Waals surface area (Å²) >= 11 is 5.20. The zero-order valence-electron chi connectivity index (χ0n) is 11.2. The lowest BCUT2D eigenvalue weighted by molar-refractivity contribution is 1.01. The van der Waals surface area contributed by atoms with E-state index in [-0.39, 0.29) is 0 Å². The summed E-state index contributed by atoms with van der Waals surface area (Å²) in [5, 5.41) is 4.14. The number of hydrogen-bond donors (Lipinski definition) is 1. The largest absolute Gasteiger partial charge is 0.369 e. The molecule has 0 radical (unpaired) electrons. The van der Waals surface area contributed by atoms with E-state index >= 15 is 0 Å². The molecule has 2 aromatic rings. The van der Waals surface area contributed by atoms with Crippen molar-refractivity contribution in [2.45, 2.75) is 30.7 Å². The average molecular weight is 338 g/mol. The van der Waals surface area contributed by atoms with E-state index in [1.807, 2.05) is 6.92 Å². The second kappa shape index (κ2) is 6.39. The summed E-state index contributed by atoms with van der Waals surface area (Å²) in [7, 11) is 0. The van der Waals surface area contributed by atoms with Crippen LogP contribution in [0.15, 0.2) is 38.9 Å². The van der Waals surface area contributed by atoms with Crippen LogP contribution < -0.4 is 5.32 Å². The van der Waals surface area contributed by atoms with E-state index < -0.39 is 0 Å². The van der Waals surface area contributed by atoms with E-state index in [2.05, 4.69) is 63.3 Å². The third-order valence-electron chi connectivity index (χ3n) is 2.79. The van der Waals surface area contributed by atoms with Crippen molar-refractivity contribution in [3.63, 3.8) is 0 Å². The Labute approximate surface area is 126 Å². The van der Waals surface area contributed by atoms with Crippen molar-refractivity contribution in [2.75, 3.05) is 11.9 Å².